The van der Waals surface area contributed by atoms with Crippen LogP contribution < -0.4 is 0 Å². The molecule has 1 aromatic heterocycles. The molecule has 120 valence electrons. The van der Waals surface area contributed by atoms with E-state index in [1.54, 1.807) is 15.8 Å². The number of hydrogen-bond donors (Lipinski definition) is 0. The predicted molar refractivity (Wildman–Crippen MR) is 87.1 cm³/mol. The van der Waals surface area contributed by atoms with E-state index >= 15 is 0 Å². The van der Waals surface area contributed by atoms with Gasteiger partial charge in [0.1, 0.15) is 12.6 Å². The average Bonchev–Trinajstić information content (AvgIpc) is 3.18. The lowest BCUT2D eigenvalue weighted by Gasteiger charge is -2.35. The SMILES string of the molecule is O=C(Cn1cc(I)cn1)N1CCN(C(=O)[C@H]2CCCO2)CC1. The van der Waals surface area contributed by atoms with Crippen molar-refractivity contribution in [3.63, 3.8) is 0 Å². The Hall–Kier alpha value is -1.16. The van der Waals surface area contributed by atoms with Gasteiger partial charge in [-0.2, -0.15) is 5.10 Å². The summed E-state index contributed by atoms with van der Waals surface area (Å²) in [6.45, 7) is 3.26. The molecule has 22 heavy (non-hydrogen) atoms. The number of hydrogen-bond acceptors (Lipinski definition) is 4. The van der Waals surface area contributed by atoms with Crippen LogP contribution in [0.5, 0.6) is 0 Å². The molecule has 2 amide bonds. The fourth-order valence-corrected chi connectivity index (χ4v) is 3.26. The molecule has 3 rings (SSSR count). The highest BCUT2D eigenvalue weighted by molar-refractivity contribution is 14.1. The molecule has 0 aromatic carbocycles. The quantitative estimate of drug-likeness (QED) is 0.665. The molecular formula is C14H19IN4O3. The summed E-state index contributed by atoms with van der Waals surface area (Å²) in [5.74, 6) is 0.120. The van der Waals surface area contributed by atoms with E-state index in [4.69, 9.17) is 4.74 Å². The van der Waals surface area contributed by atoms with Gasteiger partial charge in [0.05, 0.1) is 9.77 Å². The van der Waals surface area contributed by atoms with E-state index in [2.05, 4.69) is 27.7 Å². The maximum absolute atomic E-state index is 12.3. The summed E-state index contributed by atoms with van der Waals surface area (Å²) in [7, 11) is 0. The third kappa shape index (κ3) is 3.60. The van der Waals surface area contributed by atoms with Gasteiger partial charge in [0.15, 0.2) is 0 Å². The molecule has 0 bridgehead atoms. The van der Waals surface area contributed by atoms with Gasteiger partial charge in [-0.05, 0) is 35.4 Å². The van der Waals surface area contributed by atoms with Gasteiger partial charge in [0.2, 0.25) is 5.91 Å². The number of carbonyl (C=O) groups excluding carboxylic acids is 2. The van der Waals surface area contributed by atoms with Crippen LogP contribution in [0, 0.1) is 3.57 Å². The molecule has 1 atom stereocenters. The molecule has 3 heterocycles. The molecular weight excluding hydrogens is 399 g/mol. The smallest absolute Gasteiger partial charge is 0.251 e. The Morgan fingerprint density at radius 2 is 2.00 bits per heavy atom. The molecule has 2 aliphatic rings. The summed E-state index contributed by atoms with van der Waals surface area (Å²) >= 11 is 2.17. The normalized spacial score (nSPS) is 22.1. The molecule has 2 saturated heterocycles. The molecule has 2 fully saturated rings. The molecule has 1 aromatic rings. The van der Waals surface area contributed by atoms with E-state index in [1.807, 2.05) is 11.1 Å². The van der Waals surface area contributed by atoms with Crippen molar-refractivity contribution >= 4 is 34.4 Å². The average molecular weight is 418 g/mol. The van der Waals surface area contributed by atoms with Gasteiger partial charge in [-0.1, -0.05) is 0 Å². The second-order valence-corrected chi connectivity index (χ2v) is 6.81. The van der Waals surface area contributed by atoms with Gasteiger partial charge in [0, 0.05) is 39.0 Å². The molecule has 0 unspecified atom stereocenters. The van der Waals surface area contributed by atoms with Crippen LogP contribution in [0.25, 0.3) is 0 Å². The summed E-state index contributed by atoms with van der Waals surface area (Å²) in [4.78, 5) is 28.1. The van der Waals surface area contributed by atoms with Crippen LogP contribution in [0.3, 0.4) is 0 Å². The van der Waals surface area contributed by atoms with E-state index in [9.17, 15) is 9.59 Å². The largest absolute Gasteiger partial charge is 0.368 e. The number of ether oxygens (including phenoxy) is 1. The Kier molecular flexibility index (Phi) is 4.97. The van der Waals surface area contributed by atoms with Crippen molar-refractivity contribution in [2.75, 3.05) is 32.8 Å². The highest BCUT2D eigenvalue weighted by Gasteiger charge is 2.31. The van der Waals surface area contributed by atoms with E-state index < -0.39 is 0 Å². The molecule has 2 aliphatic heterocycles. The second-order valence-electron chi connectivity index (χ2n) is 5.56. The lowest BCUT2D eigenvalue weighted by molar-refractivity contribution is -0.146. The number of carbonyl (C=O) groups is 2. The minimum atomic E-state index is -0.270. The van der Waals surface area contributed by atoms with Crippen LogP contribution in [0.15, 0.2) is 12.4 Å². The maximum atomic E-state index is 12.3. The van der Waals surface area contributed by atoms with Gasteiger partial charge < -0.3 is 14.5 Å². The maximum Gasteiger partial charge on any atom is 0.251 e. The first-order valence-electron chi connectivity index (χ1n) is 7.49. The van der Waals surface area contributed by atoms with Crippen LogP contribution in [0.4, 0.5) is 0 Å². The Balaban J connectivity index is 1.48. The number of aromatic nitrogens is 2. The highest BCUT2D eigenvalue weighted by atomic mass is 127. The highest BCUT2D eigenvalue weighted by Crippen LogP contribution is 2.16. The summed E-state index contributed by atoms with van der Waals surface area (Å²) in [6, 6.07) is 0. The number of rotatable bonds is 3. The second kappa shape index (κ2) is 6.95. The van der Waals surface area contributed by atoms with Crippen molar-refractivity contribution in [1.29, 1.82) is 0 Å². The lowest BCUT2D eigenvalue weighted by Crippen LogP contribution is -2.53. The predicted octanol–water partition coefficient (Wildman–Crippen LogP) is 0.337. The fraction of sp³-hybridized carbons (Fsp3) is 0.643. The zero-order valence-electron chi connectivity index (χ0n) is 12.3. The van der Waals surface area contributed by atoms with Gasteiger partial charge >= 0.3 is 0 Å². The van der Waals surface area contributed by atoms with Crippen molar-refractivity contribution in [1.82, 2.24) is 19.6 Å². The van der Waals surface area contributed by atoms with Gasteiger partial charge in [-0.3, -0.25) is 14.3 Å². The van der Waals surface area contributed by atoms with Crippen molar-refractivity contribution in [3.05, 3.63) is 16.0 Å². The van der Waals surface area contributed by atoms with Crippen LogP contribution in [0.2, 0.25) is 0 Å². The van der Waals surface area contributed by atoms with E-state index in [0.717, 1.165) is 16.4 Å². The molecule has 0 aliphatic carbocycles. The van der Waals surface area contributed by atoms with E-state index in [-0.39, 0.29) is 24.5 Å². The Morgan fingerprint density at radius 3 is 2.59 bits per heavy atom. The third-order valence-corrected chi connectivity index (χ3v) is 4.61. The Labute approximate surface area is 142 Å². The number of amides is 2. The molecule has 0 radical (unpaired) electrons. The van der Waals surface area contributed by atoms with E-state index in [0.29, 0.717) is 32.8 Å². The van der Waals surface area contributed by atoms with Gasteiger partial charge in [-0.15, -0.1) is 0 Å². The van der Waals surface area contributed by atoms with Gasteiger partial charge in [-0.25, -0.2) is 0 Å². The minimum Gasteiger partial charge on any atom is -0.368 e. The molecule has 7 nitrogen and oxygen atoms in total. The first-order valence-corrected chi connectivity index (χ1v) is 8.57. The Morgan fingerprint density at radius 1 is 1.27 bits per heavy atom. The van der Waals surface area contributed by atoms with Crippen molar-refractivity contribution in [3.8, 4) is 0 Å². The van der Waals surface area contributed by atoms with Gasteiger partial charge in [0.25, 0.3) is 5.91 Å². The number of nitrogens with zero attached hydrogens (tertiary/aromatic N) is 4. The lowest BCUT2D eigenvalue weighted by atomic mass is 10.2. The third-order valence-electron chi connectivity index (χ3n) is 4.05. The molecule has 0 spiro atoms. The zero-order valence-corrected chi connectivity index (χ0v) is 14.4. The summed E-state index contributed by atoms with van der Waals surface area (Å²) in [5, 5.41) is 4.13. The first-order chi connectivity index (χ1) is 10.6. The van der Waals surface area contributed by atoms with Crippen molar-refractivity contribution in [2.24, 2.45) is 0 Å². The molecule has 0 N–H and O–H groups in total. The zero-order chi connectivity index (χ0) is 15.5. The number of piperazine rings is 1. The summed E-state index contributed by atoms with van der Waals surface area (Å²) < 4.78 is 8.10. The monoisotopic (exact) mass is 418 g/mol. The first kappa shape index (κ1) is 15.7. The summed E-state index contributed by atoms with van der Waals surface area (Å²) in [5.41, 5.74) is 0. The van der Waals surface area contributed by atoms with Crippen LogP contribution in [-0.2, 0) is 20.9 Å². The van der Waals surface area contributed by atoms with Crippen LogP contribution in [0.1, 0.15) is 12.8 Å². The minimum absolute atomic E-state index is 0.0451. The van der Waals surface area contributed by atoms with Crippen molar-refractivity contribution in [2.45, 2.75) is 25.5 Å². The van der Waals surface area contributed by atoms with E-state index in [1.165, 1.54) is 0 Å². The van der Waals surface area contributed by atoms with Crippen molar-refractivity contribution < 1.29 is 14.3 Å². The Bertz CT molecular complexity index is 548. The fourth-order valence-electron chi connectivity index (χ4n) is 2.82. The molecule has 0 saturated carbocycles. The molecule has 8 heteroatoms. The standard InChI is InChI=1S/C14H19IN4O3/c15-11-8-16-19(9-11)10-13(20)17-3-5-18(6-4-17)14(21)12-2-1-7-22-12/h8-9,12H,1-7,10H2/t12-/m1/s1. The summed E-state index contributed by atoms with van der Waals surface area (Å²) in [6.07, 6.45) is 5.07. The number of halogens is 1. The van der Waals surface area contributed by atoms with Crippen LogP contribution in [-0.4, -0.2) is 70.3 Å². The van der Waals surface area contributed by atoms with Crippen LogP contribution >= 0.6 is 22.6 Å². The topological polar surface area (TPSA) is 67.7 Å².